The topological polar surface area (TPSA) is 85.9 Å². The standard InChI is InChI=1S/C20H21ClN6O/c21-16-5-1-2-6-17(16)24-20(28)23-15-4-3-11-27(13-15)19-12-18(25-26-19)14-7-9-22-10-8-14/h1-2,5-10,12,15H,3-4,11,13H2,(H,25,26)(H2,23,24,28)/t15-/m1/s1. The van der Waals surface area contributed by atoms with Gasteiger partial charge >= 0.3 is 6.03 Å². The average molecular weight is 397 g/mol. The van der Waals surface area contributed by atoms with Crippen molar-refractivity contribution in [1.82, 2.24) is 20.5 Å². The molecule has 1 aliphatic rings. The molecule has 0 radical (unpaired) electrons. The van der Waals surface area contributed by atoms with E-state index in [4.69, 9.17) is 11.6 Å². The number of hydrogen-bond donors (Lipinski definition) is 3. The Kier molecular flexibility index (Phi) is 5.43. The number of hydrogen-bond acceptors (Lipinski definition) is 4. The smallest absolute Gasteiger partial charge is 0.319 e. The van der Waals surface area contributed by atoms with Crippen LogP contribution in [0, 0.1) is 0 Å². The molecule has 3 aromatic rings. The number of para-hydroxylation sites is 1. The summed E-state index contributed by atoms with van der Waals surface area (Å²) < 4.78 is 0. The molecule has 1 aliphatic heterocycles. The van der Waals surface area contributed by atoms with Gasteiger partial charge in [-0.1, -0.05) is 23.7 Å². The van der Waals surface area contributed by atoms with Crippen LogP contribution in [0.25, 0.3) is 11.3 Å². The number of nitrogens with zero attached hydrogens (tertiary/aromatic N) is 3. The number of carbonyl (C=O) groups is 1. The van der Waals surface area contributed by atoms with E-state index < -0.39 is 0 Å². The summed E-state index contributed by atoms with van der Waals surface area (Å²) in [6.07, 6.45) is 5.42. The van der Waals surface area contributed by atoms with E-state index in [0.717, 1.165) is 36.5 Å². The molecule has 1 fully saturated rings. The molecule has 7 nitrogen and oxygen atoms in total. The maximum absolute atomic E-state index is 12.3. The van der Waals surface area contributed by atoms with Crippen LogP contribution in [0.4, 0.5) is 16.3 Å². The van der Waals surface area contributed by atoms with Crippen molar-refractivity contribution in [3.8, 4) is 11.3 Å². The van der Waals surface area contributed by atoms with Gasteiger partial charge in [0.15, 0.2) is 5.82 Å². The highest BCUT2D eigenvalue weighted by atomic mass is 35.5. The first-order valence-corrected chi connectivity index (χ1v) is 9.59. The first-order chi connectivity index (χ1) is 13.7. The van der Waals surface area contributed by atoms with E-state index in [1.54, 1.807) is 24.5 Å². The van der Waals surface area contributed by atoms with Crippen LogP contribution >= 0.6 is 11.6 Å². The number of amides is 2. The molecule has 3 N–H and O–H groups in total. The molecule has 0 saturated carbocycles. The predicted molar refractivity (Wildman–Crippen MR) is 111 cm³/mol. The molecule has 4 rings (SSSR count). The molecule has 1 saturated heterocycles. The van der Waals surface area contributed by atoms with E-state index >= 15 is 0 Å². The SMILES string of the molecule is O=C(Nc1ccccc1Cl)N[C@@H]1CCCN(c2cc(-c3ccncc3)[nH]n2)C1. The third kappa shape index (κ3) is 4.26. The first-order valence-electron chi connectivity index (χ1n) is 9.22. The van der Waals surface area contributed by atoms with E-state index in [9.17, 15) is 4.79 Å². The molecule has 0 aliphatic carbocycles. The molecule has 1 atom stereocenters. The van der Waals surface area contributed by atoms with E-state index in [1.165, 1.54) is 0 Å². The highest BCUT2D eigenvalue weighted by molar-refractivity contribution is 6.33. The Morgan fingerprint density at radius 2 is 2.04 bits per heavy atom. The van der Waals surface area contributed by atoms with Crippen molar-refractivity contribution in [2.75, 3.05) is 23.3 Å². The Labute approximate surface area is 168 Å². The largest absolute Gasteiger partial charge is 0.353 e. The Morgan fingerprint density at radius 3 is 2.86 bits per heavy atom. The van der Waals surface area contributed by atoms with Crippen molar-refractivity contribution < 1.29 is 4.79 Å². The zero-order valence-electron chi connectivity index (χ0n) is 15.2. The van der Waals surface area contributed by atoms with Gasteiger partial charge in [0.25, 0.3) is 0 Å². The molecule has 144 valence electrons. The van der Waals surface area contributed by atoms with Crippen LogP contribution in [0.2, 0.25) is 5.02 Å². The number of carbonyl (C=O) groups excluding carboxylic acids is 1. The minimum absolute atomic E-state index is 0.0392. The molecule has 28 heavy (non-hydrogen) atoms. The minimum Gasteiger partial charge on any atom is -0.353 e. The van der Waals surface area contributed by atoms with Crippen molar-refractivity contribution in [3.05, 3.63) is 59.9 Å². The number of aromatic nitrogens is 3. The third-order valence-corrected chi connectivity index (χ3v) is 5.09. The second-order valence-corrected chi connectivity index (χ2v) is 7.15. The van der Waals surface area contributed by atoms with E-state index in [1.807, 2.05) is 30.3 Å². The summed E-state index contributed by atoms with van der Waals surface area (Å²) in [5, 5.41) is 13.9. The van der Waals surface area contributed by atoms with Crippen LogP contribution in [-0.4, -0.2) is 40.3 Å². The van der Waals surface area contributed by atoms with Crippen LogP contribution in [0.15, 0.2) is 54.9 Å². The van der Waals surface area contributed by atoms with E-state index in [0.29, 0.717) is 17.3 Å². The Balaban J connectivity index is 1.37. The monoisotopic (exact) mass is 396 g/mol. The highest BCUT2D eigenvalue weighted by Crippen LogP contribution is 2.24. The number of urea groups is 1. The number of aromatic amines is 1. The van der Waals surface area contributed by atoms with Crippen LogP contribution < -0.4 is 15.5 Å². The molecule has 0 spiro atoms. The lowest BCUT2D eigenvalue weighted by Crippen LogP contribution is -2.49. The summed E-state index contributed by atoms with van der Waals surface area (Å²) in [4.78, 5) is 18.6. The fourth-order valence-corrected chi connectivity index (χ4v) is 3.54. The fraction of sp³-hybridized carbons (Fsp3) is 0.250. The Bertz CT molecular complexity index is 945. The van der Waals surface area contributed by atoms with Gasteiger partial charge in [0.1, 0.15) is 0 Å². The lowest BCUT2D eigenvalue weighted by Gasteiger charge is -2.33. The molecular formula is C20H21ClN6O. The van der Waals surface area contributed by atoms with Crippen molar-refractivity contribution in [1.29, 1.82) is 0 Å². The van der Waals surface area contributed by atoms with Gasteiger partial charge in [-0.2, -0.15) is 5.10 Å². The summed E-state index contributed by atoms with van der Waals surface area (Å²) in [6, 6.07) is 12.9. The fourth-order valence-electron chi connectivity index (χ4n) is 3.36. The van der Waals surface area contributed by atoms with Crippen molar-refractivity contribution in [2.24, 2.45) is 0 Å². The lowest BCUT2D eigenvalue weighted by molar-refractivity contribution is 0.246. The second-order valence-electron chi connectivity index (χ2n) is 6.74. The first kappa shape index (κ1) is 18.3. The molecule has 2 amide bonds. The molecule has 0 unspecified atom stereocenters. The van der Waals surface area contributed by atoms with Gasteiger partial charge in [0.2, 0.25) is 0 Å². The van der Waals surface area contributed by atoms with Crippen LogP contribution in [0.5, 0.6) is 0 Å². The summed E-state index contributed by atoms with van der Waals surface area (Å²) in [6.45, 7) is 1.61. The summed E-state index contributed by atoms with van der Waals surface area (Å²) in [5.74, 6) is 0.879. The van der Waals surface area contributed by atoms with Gasteiger partial charge in [-0.05, 0) is 37.1 Å². The third-order valence-electron chi connectivity index (χ3n) is 4.76. The molecular weight excluding hydrogens is 376 g/mol. The van der Waals surface area contributed by atoms with Crippen LogP contribution in [0.3, 0.4) is 0 Å². The van der Waals surface area contributed by atoms with Gasteiger partial charge < -0.3 is 15.5 Å². The maximum Gasteiger partial charge on any atom is 0.319 e. The molecule has 8 heteroatoms. The van der Waals surface area contributed by atoms with E-state index in [2.05, 4.69) is 30.7 Å². The molecule has 3 heterocycles. The molecule has 2 aromatic heterocycles. The number of rotatable bonds is 4. The van der Waals surface area contributed by atoms with E-state index in [-0.39, 0.29) is 12.1 Å². The summed E-state index contributed by atoms with van der Waals surface area (Å²) in [7, 11) is 0. The van der Waals surface area contributed by atoms with Crippen molar-refractivity contribution in [2.45, 2.75) is 18.9 Å². The zero-order chi connectivity index (χ0) is 19.3. The number of benzene rings is 1. The number of halogens is 1. The average Bonchev–Trinajstić information content (AvgIpc) is 3.21. The highest BCUT2D eigenvalue weighted by Gasteiger charge is 2.23. The van der Waals surface area contributed by atoms with Crippen LogP contribution in [-0.2, 0) is 0 Å². The maximum atomic E-state index is 12.3. The minimum atomic E-state index is -0.251. The number of nitrogens with one attached hydrogen (secondary N) is 3. The van der Waals surface area contributed by atoms with Gasteiger partial charge in [-0.15, -0.1) is 0 Å². The van der Waals surface area contributed by atoms with Crippen molar-refractivity contribution >= 4 is 29.1 Å². The van der Waals surface area contributed by atoms with Gasteiger partial charge in [0.05, 0.1) is 16.4 Å². The van der Waals surface area contributed by atoms with Gasteiger partial charge in [-0.25, -0.2) is 4.79 Å². The molecule has 0 bridgehead atoms. The van der Waals surface area contributed by atoms with Gasteiger partial charge in [0, 0.05) is 43.2 Å². The number of piperidine rings is 1. The quantitative estimate of drug-likeness (QED) is 0.624. The summed E-state index contributed by atoms with van der Waals surface area (Å²) in [5.41, 5.74) is 2.59. The lowest BCUT2D eigenvalue weighted by atomic mass is 10.1. The normalized spacial score (nSPS) is 16.6. The Morgan fingerprint density at radius 1 is 1.21 bits per heavy atom. The van der Waals surface area contributed by atoms with Gasteiger partial charge in [-0.3, -0.25) is 10.1 Å². The number of pyridine rings is 1. The predicted octanol–water partition coefficient (Wildman–Crippen LogP) is 3.92. The zero-order valence-corrected chi connectivity index (χ0v) is 16.0. The summed E-state index contributed by atoms with van der Waals surface area (Å²) >= 11 is 6.10. The van der Waals surface area contributed by atoms with Crippen LogP contribution in [0.1, 0.15) is 12.8 Å². The second kappa shape index (κ2) is 8.31. The number of H-pyrrole nitrogens is 1. The number of anilines is 2. The Hall–Kier alpha value is -3.06. The molecule has 1 aromatic carbocycles. The van der Waals surface area contributed by atoms with Crippen molar-refractivity contribution in [3.63, 3.8) is 0 Å².